The Balaban J connectivity index is 1.73. The summed E-state index contributed by atoms with van der Waals surface area (Å²) >= 11 is 5.39. The SMILES string of the molecule is Cc1cc(C(N)C2CCOC3(CCC3)C2)sc1Br. The zero-order valence-electron chi connectivity index (χ0n) is 10.7. The molecule has 4 heteroatoms. The highest BCUT2D eigenvalue weighted by molar-refractivity contribution is 9.11. The van der Waals surface area contributed by atoms with E-state index in [9.17, 15) is 0 Å². The number of rotatable bonds is 2. The van der Waals surface area contributed by atoms with Crippen molar-refractivity contribution in [1.82, 2.24) is 0 Å². The van der Waals surface area contributed by atoms with Gasteiger partial charge in [-0.1, -0.05) is 0 Å². The van der Waals surface area contributed by atoms with Crippen LogP contribution < -0.4 is 5.73 Å². The number of hydrogen-bond acceptors (Lipinski definition) is 3. The molecule has 0 amide bonds. The van der Waals surface area contributed by atoms with Crippen molar-refractivity contribution in [2.45, 2.75) is 50.7 Å². The second-order valence-corrected chi connectivity index (χ2v) is 8.17. The van der Waals surface area contributed by atoms with Crippen LogP contribution in [0.15, 0.2) is 9.85 Å². The van der Waals surface area contributed by atoms with Gasteiger partial charge in [0.1, 0.15) is 0 Å². The van der Waals surface area contributed by atoms with Crippen LogP contribution in [-0.2, 0) is 4.74 Å². The fraction of sp³-hybridized carbons (Fsp3) is 0.714. The van der Waals surface area contributed by atoms with Crippen molar-refractivity contribution in [2.24, 2.45) is 11.7 Å². The van der Waals surface area contributed by atoms with Gasteiger partial charge in [0.05, 0.1) is 9.39 Å². The van der Waals surface area contributed by atoms with Crippen LogP contribution in [0.3, 0.4) is 0 Å². The summed E-state index contributed by atoms with van der Waals surface area (Å²) in [6.07, 6.45) is 6.07. The van der Waals surface area contributed by atoms with Gasteiger partial charge in [-0.3, -0.25) is 0 Å². The first-order valence-electron chi connectivity index (χ1n) is 6.75. The molecule has 1 spiro atoms. The number of halogens is 1. The van der Waals surface area contributed by atoms with Gasteiger partial charge in [-0.05, 0) is 72.5 Å². The summed E-state index contributed by atoms with van der Waals surface area (Å²) in [4.78, 5) is 1.32. The molecule has 1 aromatic heterocycles. The van der Waals surface area contributed by atoms with Crippen LogP contribution in [0.5, 0.6) is 0 Å². The summed E-state index contributed by atoms with van der Waals surface area (Å²) < 4.78 is 7.21. The maximum atomic E-state index is 6.49. The molecule has 18 heavy (non-hydrogen) atoms. The standard InChI is InChI=1S/C14H20BrNOS/c1-9-7-11(18-13(9)15)12(16)10-3-6-17-14(8-10)4-2-5-14/h7,10,12H,2-6,8,16H2,1H3. The van der Waals surface area contributed by atoms with Crippen molar-refractivity contribution in [1.29, 1.82) is 0 Å². The summed E-state index contributed by atoms with van der Waals surface area (Å²) in [7, 11) is 0. The molecule has 1 saturated carbocycles. The van der Waals surface area contributed by atoms with E-state index in [1.54, 1.807) is 11.3 Å². The summed E-state index contributed by atoms with van der Waals surface area (Å²) in [5, 5.41) is 0. The van der Waals surface area contributed by atoms with E-state index in [1.807, 2.05) is 0 Å². The van der Waals surface area contributed by atoms with E-state index >= 15 is 0 Å². The fourth-order valence-corrected chi connectivity index (χ4v) is 4.84. The predicted molar refractivity (Wildman–Crippen MR) is 78.9 cm³/mol. The molecule has 1 aliphatic heterocycles. The average Bonchev–Trinajstić information content (AvgIpc) is 2.67. The van der Waals surface area contributed by atoms with Gasteiger partial charge in [-0.25, -0.2) is 0 Å². The van der Waals surface area contributed by atoms with E-state index in [0.29, 0.717) is 5.92 Å². The Kier molecular flexibility index (Phi) is 3.56. The van der Waals surface area contributed by atoms with Gasteiger partial charge in [-0.15, -0.1) is 11.3 Å². The molecule has 2 nitrogen and oxygen atoms in total. The predicted octanol–water partition coefficient (Wildman–Crippen LogP) is 4.17. The van der Waals surface area contributed by atoms with E-state index in [1.165, 1.54) is 33.5 Å². The Morgan fingerprint density at radius 1 is 1.56 bits per heavy atom. The molecule has 0 bridgehead atoms. The fourth-order valence-electron chi connectivity index (χ4n) is 3.17. The molecule has 0 aromatic carbocycles. The Morgan fingerprint density at radius 3 is 2.89 bits per heavy atom. The van der Waals surface area contributed by atoms with Gasteiger partial charge < -0.3 is 10.5 Å². The molecule has 2 N–H and O–H groups in total. The first-order chi connectivity index (χ1) is 8.60. The zero-order chi connectivity index (χ0) is 12.8. The van der Waals surface area contributed by atoms with E-state index in [4.69, 9.17) is 10.5 Å². The molecule has 1 aromatic rings. The van der Waals surface area contributed by atoms with E-state index < -0.39 is 0 Å². The van der Waals surface area contributed by atoms with Crippen molar-refractivity contribution in [3.8, 4) is 0 Å². The van der Waals surface area contributed by atoms with Crippen molar-refractivity contribution in [3.63, 3.8) is 0 Å². The molecule has 100 valence electrons. The van der Waals surface area contributed by atoms with Crippen molar-refractivity contribution >= 4 is 27.3 Å². The molecule has 2 aliphatic rings. The van der Waals surface area contributed by atoms with Crippen LogP contribution in [0.1, 0.15) is 48.6 Å². The summed E-state index contributed by atoms with van der Waals surface area (Å²) in [6.45, 7) is 3.03. The molecular weight excluding hydrogens is 310 g/mol. The topological polar surface area (TPSA) is 35.2 Å². The normalized spacial score (nSPS) is 28.1. The first-order valence-corrected chi connectivity index (χ1v) is 8.36. The smallest absolute Gasteiger partial charge is 0.0731 e. The molecule has 2 atom stereocenters. The highest BCUT2D eigenvalue weighted by Gasteiger charge is 2.44. The summed E-state index contributed by atoms with van der Waals surface area (Å²) in [6, 6.07) is 2.42. The molecule has 1 aliphatic carbocycles. The van der Waals surface area contributed by atoms with Crippen LogP contribution >= 0.6 is 27.3 Å². The van der Waals surface area contributed by atoms with Crippen molar-refractivity contribution in [2.75, 3.05) is 6.61 Å². The quantitative estimate of drug-likeness (QED) is 0.883. The van der Waals surface area contributed by atoms with E-state index in [0.717, 1.165) is 19.4 Å². The van der Waals surface area contributed by atoms with Crippen LogP contribution in [-0.4, -0.2) is 12.2 Å². The lowest BCUT2D eigenvalue weighted by molar-refractivity contribution is -0.146. The van der Waals surface area contributed by atoms with Gasteiger partial charge in [0.2, 0.25) is 0 Å². The minimum atomic E-state index is 0.182. The van der Waals surface area contributed by atoms with Gasteiger partial charge in [0, 0.05) is 17.5 Å². The largest absolute Gasteiger partial charge is 0.375 e. The Morgan fingerprint density at radius 2 is 2.33 bits per heavy atom. The van der Waals surface area contributed by atoms with Crippen LogP contribution in [0.25, 0.3) is 0 Å². The zero-order valence-corrected chi connectivity index (χ0v) is 13.1. The lowest BCUT2D eigenvalue weighted by atomic mass is 9.70. The lowest BCUT2D eigenvalue weighted by Crippen LogP contribution is -2.47. The second-order valence-electron chi connectivity index (χ2n) is 5.77. The molecular formula is C14H20BrNOS. The Bertz CT molecular complexity index is 422. The molecule has 2 heterocycles. The number of ether oxygens (including phenoxy) is 1. The maximum absolute atomic E-state index is 6.49. The van der Waals surface area contributed by atoms with E-state index in [-0.39, 0.29) is 11.6 Å². The Hall–Kier alpha value is 0.100. The minimum absolute atomic E-state index is 0.182. The minimum Gasteiger partial charge on any atom is -0.375 e. The van der Waals surface area contributed by atoms with Crippen LogP contribution in [0.2, 0.25) is 0 Å². The van der Waals surface area contributed by atoms with Gasteiger partial charge >= 0.3 is 0 Å². The third-order valence-electron chi connectivity index (χ3n) is 4.51. The molecule has 3 rings (SSSR count). The third kappa shape index (κ3) is 2.28. The van der Waals surface area contributed by atoms with Gasteiger partial charge in [0.15, 0.2) is 0 Å². The number of hydrogen-bond donors (Lipinski definition) is 1. The highest BCUT2D eigenvalue weighted by Crippen LogP contribution is 2.47. The number of nitrogens with two attached hydrogens (primary N) is 1. The molecule has 2 unspecified atom stereocenters. The van der Waals surface area contributed by atoms with E-state index in [2.05, 4.69) is 28.9 Å². The van der Waals surface area contributed by atoms with Gasteiger partial charge in [0.25, 0.3) is 0 Å². The van der Waals surface area contributed by atoms with Crippen LogP contribution in [0, 0.1) is 12.8 Å². The summed E-state index contributed by atoms with van der Waals surface area (Å²) in [5.41, 5.74) is 7.99. The second kappa shape index (κ2) is 4.89. The summed E-state index contributed by atoms with van der Waals surface area (Å²) in [5.74, 6) is 0.587. The average molecular weight is 330 g/mol. The first kappa shape index (κ1) is 13.1. The molecule has 0 radical (unpaired) electrons. The van der Waals surface area contributed by atoms with Gasteiger partial charge in [-0.2, -0.15) is 0 Å². The van der Waals surface area contributed by atoms with Crippen molar-refractivity contribution < 1.29 is 4.74 Å². The number of thiophene rings is 1. The highest BCUT2D eigenvalue weighted by atomic mass is 79.9. The maximum Gasteiger partial charge on any atom is 0.0731 e. The molecule has 2 fully saturated rings. The monoisotopic (exact) mass is 329 g/mol. The molecule has 1 saturated heterocycles. The number of aryl methyl sites for hydroxylation is 1. The third-order valence-corrected chi connectivity index (χ3v) is 6.75. The lowest BCUT2D eigenvalue weighted by Gasteiger charge is -2.48. The van der Waals surface area contributed by atoms with Crippen molar-refractivity contribution in [3.05, 3.63) is 20.3 Å². The Labute approximate surface area is 121 Å². The van der Waals surface area contributed by atoms with Crippen LogP contribution in [0.4, 0.5) is 0 Å².